The van der Waals surface area contributed by atoms with E-state index in [1.54, 1.807) is 0 Å². The number of carbonyl (C=O) groups excluding carboxylic acids is 2. The van der Waals surface area contributed by atoms with E-state index in [1.807, 2.05) is 31.2 Å². The highest BCUT2D eigenvalue weighted by Crippen LogP contribution is 2.65. The molecule has 4 nitrogen and oxygen atoms in total. The number of likely N-dealkylation sites (tertiary alicyclic amines) is 1. The van der Waals surface area contributed by atoms with Gasteiger partial charge in [-0.3, -0.25) is 14.5 Å². The molecule has 5 aliphatic rings. The molecule has 6 atom stereocenters. The summed E-state index contributed by atoms with van der Waals surface area (Å²) >= 11 is 0. The summed E-state index contributed by atoms with van der Waals surface area (Å²) < 4.78 is 0. The molecule has 0 unspecified atom stereocenters. The molecule has 1 heterocycles. The molecule has 1 aliphatic heterocycles. The van der Waals surface area contributed by atoms with Crippen molar-refractivity contribution in [1.29, 1.82) is 0 Å². The highest BCUT2D eigenvalue weighted by Gasteiger charge is 2.66. The van der Waals surface area contributed by atoms with Gasteiger partial charge in [-0.1, -0.05) is 24.3 Å². The molecule has 4 aliphatic carbocycles. The van der Waals surface area contributed by atoms with Crippen LogP contribution in [-0.2, 0) is 9.59 Å². The molecule has 1 saturated heterocycles. The van der Waals surface area contributed by atoms with Crippen LogP contribution in [0.25, 0.3) is 0 Å². The lowest BCUT2D eigenvalue weighted by Gasteiger charge is -2.37. The molecule has 3 fully saturated rings. The standard InChI is InChI=1S/C19H20N2O2/c1-10-3-2-4-11(7-10)20-9-21-18(22)16-12-5-6-13(15-8-14(12)15)17(16)19(21)23/h2-7,12-17,20H,8-9H2,1H3/t12-,13-,14-,15+,16+,17-/m1/s1. The van der Waals surface area contributed by atoms with E-state index >= 15 is 0 Å². The Labute approximate surface area is 135 Å². The first kappa shape index (κ1) is 13.3. The van der Waals surface area contributed by atoms with Crippen molar-refractivity contribution >= 4 is 17.5 Å². The van der Waals surface area contributed by atoms with Gasteiger partial charge in [-0.05, 0) is 54.7 Å². The lowest BCUT2D eigenvalue weighted by molar-refractivity contribution is -0.139. The van der Waals surface area contributed by atoms with Gasteiger partial charge >= 0.3 is 0 Å². The monoisotopic (exact) mass is 308 g/mol. The predicted octanol–water partition coefficient (Wildman–Crippen LogP) is 2.42. The molecule has 2 bridgehead atoms. The summed E-state index contributed by atoms with van der Waals surface area (Å²) in [5.41, 5.74) is 2.11. The summed E-state index contributed by atoms with van der Waals surface area (Å²) in [7, 11) is 0. The molecule has 2 saturated carbocycles. The van der Waals surface area contributed by atoms with Crippen LogP contribution in [0.4, 0.5) is 5.69 Å². The number of rotatable bonds is 3. The third kappa shape index (κ3) is 1.78. The normalized spacial score (nSPS) is 39.4. The molecule has 0 spiro atoms. The molecule has 2 amide bonds. The summed E-state index contributed by atoms with van der Waals surface area (Å²) in [5.74, 6) is 1.79. The average molecular weight is 308 g/mol. The Bertz CT molecular complexity index is 705. The number of benzene rings is 1. The third-order valence-corrected chi connectivity index (χ3v) is 6.21. The van der Waals surface area contributed by atoms with Crippen LogP contribution >= 0.6 is 0 Å². The first-order valence-electron chi connectivity index (χ1n) is 8.49. The number of carbonyl (C=O) groups is 2. The molecule has 1 aromatic carbocycles. The van der Waals surface area contributed by atoms with Crippen molar-refractivity contribution < 1.29 is 9.59 Å². The van der Waals surface area contributed by atoms with E-state index in [1.165, 1.54) is 11.3 Å². The van der Waals surface area contributed by atoms with Crippen molar-refractivity contribution in [3.63, 3.8) is 0 Å². The highest BCUT2D eigenvalue weighted by atomic mass is 16.2. The Morgan fingerprint density at radius 3 is 2.35 bits per heavy atom. The SMILES string of the molecule is Cc1cccc(NCN2C(=O)[C@@H]3[C@@H]4C=C[C@H]([C@H]5C[C@@H]45)[C@@H]3C2=O)c1. The number of hydrogen-bond acceptors (Lipinski definition) is 3. The maximum Gasteiger partial charge on any atom is 0.235 e. The van der Waals surface area contributed by atoms with E-state index in [4.69, 9.17) is 0 Å². The number of allylic oxidation sites excluding steroid dienone is 2. The van der Waals surface area contributed by atoms with E-state index in [9.17, 15) is 9.59 Å². The van der Waals surface area contributed by atoms with Crippen LogP contribution in [0, 0.1) is 42.4 Å². The van der Waals surface area contributed by atoms with Gasteiger partial charge in [0.1, 0.15) is 0 Å². The molecule has 4 heteroatoms. The Balaban J connectivity index is 1.37. The highest BCUT2D eigenvalue weighted by molar-refractivity contribution is 6.06. The average Bonchev–Trinajstić information content (AvgIpc) is 3.32. The van der Waals surface area contributed by atoms with E-state index in [2.05, 4.69) is 17.5 Å². The van der Waals surface area contributed by atoms with Gasteiger partial charge in [0.25, 0.3) is 0 Å². The summed E-state index contributed by atoms with van der Waals surface area (Å²) in [5, 5.41) is 3.23. The minimum atomic E-state index is -0.0967. The zero-order chi connectivity index (χ0) is 15.7. The van der Waals surface area contributed by atoms with Gasteiger partial charge < -0.3 is 5.32 Å². The third-order valence-electron chi connectivity index (χ3n) is 6.21. The quantitative estimate of drug-likeness (QED) is 0.689. The number of nitrogens with zero attached hydrogens (tertiary/aromatic N) is 1. The molecule has 118 valence electrons. The van der Waals surface area contributed by atoms with Crippen molar-refractivity contribution in [3.8, 4) is 0 Å². The number of amides is 2. The topological polar surface area (TPSA) is 49.4 Å². The first-order chi connectivity index (χ1) is 11.1. The maximum absolute atomic E-state index is 12.8. The lowest BCUT2D eigenvalue weighted by atomic mass is 9.63. The summed E-state index contributed by atoms with van der Waals surface area (Å²) in [6, 6.07) is 7.99. The van der Waals surface area contributed by atoms with Crippen LogP contribution in [0.1, 0.15) is 12.0 Å². The van der Waals surface area contributed by atoms with Crippen molar-refractivity contribution in [1.82, 2.24) is 4.90 Å². The fraction of sp³-hybridized carbons (Fsp3) is 0.474. The van der Waals surface area contributed by atoms with Gasteiger partial charge in [0, 0.05) is 5.69 Å². The molecule has 1 aromatic rings. The Morgan fingerprint density at radius 1 is 1.09 bits per heavy atom. The van der Waals surface area contributed by atoms with E-state index in [0.717, 1.165) is 11.3 Å². The zero-order valence-electron chi connectivity index (χ0n) is 13.1. The summed E-state index contributed by atoms with van der Waals surface area (Å²) in [6.45, 7) is 2.31. The Morgan fingerprint density at radius 2 is 1.74 bits per heavy atom. The second kappa shape index (κ2) is 4.47. The van der Waals surface area contributed by atoms with Crippen LogP contribution in [-0.4, -0.2) is 23.4 Å². The fourth-order valence-corrected chi connectivity index (χ4v) is 5.10. The number of hydrogen-bond donors (Lipinski definition) is 1. The van der Waals surface area contributed by atoms with Gasteiger partial charge in [0.05, 0.1) is 18.5 Å². The van der Waals surface area contributed by atoms with Crippen molar-refractivity contribution in [2.75, 3.05) is 12.0 Å². The second-order valence-electron chi connectivity index (χ2n) is 7.46. The number of nitrogens with one attached hydrogen (secondary N) is 1. The van der Waals surface area contributed by atoms with Crippen molar-refractivity contribution in [2.24, 2.45) is 35.5 Å². The Hall–Kier alpha value is -2.10. The molecule has 0 aromatic heterocycles. The van der Waals surface area contributed by atoms with E-state index in [-0.39, 0.29) is 30.3 Å². The van der Waals surface area contributed by atoms with Crippen molar-refractivity contribution in [3.05, 3.63) is 42.0 Å². The summed E-state index contributed by atoms with van der Waals surface area (Å²) in [6.07, 6.45) is 5.63. The van der Waals surface area contributed by atoms with Gasteiger partial charge in [-0.2, -0.15) is 0 Å². The minimum Gasteiger partial charge on any atom is -0.367 e. The molecular formula is C19H20N2O2. The second-order valence-corrected chi connectivity index (χ2v) is 7.46. The predicted molar refractivity (Wildman–Crippen MR) is 86.2 cm³/mol. The summed E-state index contributed by atoms with van der Waals surface area (Å²) in [4.78, 5) is 27.1. The van der Waals surface area contributed by atoms with Gasteiger partial charge in [-0.15, -0.1) is 0 Å². The van der Waals surface area contributed by atoms with Crippen LogP contribution in [0.2, 0.25) is 0 Å². The van der Waals surface area contributed by atoms with Crippen LogP contribution in [0.15, 0.2) is 36.4 Å². The molecule has 6 rings (SSSR count). The number of aryl methyl sites for hydroxylation is 1. The van der Waals surface area contributed by atoms with Crippen LogP contribution in [0.5, 0.6) is 0 Å². The maximum atomic E-state index is 12.8. The van der Waals surface area contributed by atoms with Crippen molar-refractivity contribution in [2.45, 2.75) is 13.3 Å². The van der Waals surface area contributed by atoms with E-state index in [0.29, 0.717) is 23.7 Å². The largest absolute Gasteiger partial charge is 0.367 e. The zero-order valence-corrected chi connectivity index (χ0v) is 13.1. The van der Waals surface area contributed by atoms with Crippen LogP contribution in [0.3, 0.4) is 0 Å². The van der Waals surface area contributed by atoms with Gasteiger partial charge in [-0.25, -0.2) is 0 Å². The van der Waals surface area contributed by atoms with Gasteiger partial charge in [0.15, 0.2) is 0 Å². The molecule has 1 N–H and O–H groups in total. The molecule has 23 heavy (non-hydrogen) atoms. The molecular weight excluding hydrogens is 288 g/mol. The fourth-order valence-electron chi connectivity index (χ4n) is 5.10. The lowest BCUT2D eigenvalue weighted by Crippen LogP contribution is -2.40. The number of anilines is 1. The first-order valence-corrected chi connectivity index (χ1v) is 8.49. The minimum absolute atomic E-state index is 0.0323. The number of imide groups is 1. The Kier molecular flexibility index (Phi) is 2.59. The molecule has 0 radical (unpaired) electrons. The smallest absolute Gasteiger partial charge is 0.235 e. The van der Waals surface area contributed by atoms with Crippen LogP contribution < -0.4 is 5.32 Å². The van der Waals surface area contributed by atoms with Gasteiger partial charge in [0.2, 0.25) is 11.8 Å². The van der Waals surface area contributed by atoms with E-state index < -0.39 is 0 Å².